The molecule has 11 heteroatoms. The van der Waals surface area contributed by atoms with Crippen molar-refractivity contribution in [3.8, 4) is 0 Å². The first-order valence-electron chi connectivity index (χ1n) is 11.3. The molecule has 0 saturated carbocycles. The number of hydrogen-bond donors (Lipinski definition) is 2. The molecule has 0 unspecified atom stereocenters. The minimum atomic E-state index is -0.714. The van der Waals surface area contributed by atoms with Crippen LogP contribution in [-0.2, 0) is 14.3 Å². The van der Waals surface area contributed by atoms with Crippen LogP contribution in [-0.4, -0.2) is 29.8 Å². The number of carbonyl (C=O) groups is 4. The third kappa shape index (κ3) is 5.83. The predicted molar refractivity (Wildman–Crippen MR) is 147 cm³/mol. The van der Waals surface area contributed by atoms with E-state index in [9.17, 15) is 19.2 Å². The van der Waals surface area contributed by atoms with Gasteiger partial charge in [-0.1, -0.05) is 34.8 Å². The summed E-state index contributed by atoms with van der Waals surface area (Å²) in [5, 5.41) is 5.95. The number of rotatable bonds is 7. The van der Waals surface area contributed by atoms with Crippen molar-refractivity contribution in [3.63, 3.8) is 0 Å². The van der Waals surface area contributed by atoms with Crippen molar-refractivity contribution in [2.24, 2.45) is 0 Å². The van der Waals surface area contributed by atoms with Crippen molar-refractivity contribution in [2.75, 3.05) is 15.5 Å². The summed E-state index contributed by atoms with van der Waals surface area (Å²) in [5.41, 5.74) is 1.65. The average molecular weight is 573 g/mol. The Kier molecular flexibility index (Phi) is 8.06. The molecule has 0 spiro atoms. The Bertz CT molecular complexity index is 1470. The van der Waals surface area contributed by atoms with Gasteiger partial charge < -0.3 is 15.4 Å². The number of imide groups is 1. The first-order valence-corrected chi connectivity index (χ1v) is 12.4. The van der Waals surface area contributed by atoms with Gasteiger partial charge >= 0.3 is 5.97 Å². The summed E-state index contributed by atoms with van der Waals surface area (Å²) in [4.78, 5) is 51.3. The number of benzene rings is 3. The van der Waals surface area contributed by atoms with Gasteiger partial charge in [-0.05, 0) is 80.6 Å². The van der Waals surface area contributed by atoms with Crippen molar-refractivity contribution in [1.29, 1.82) is 0 Å². The van der Waals surface area contributed by atoms with Gasteiger partial charge in [-0.3, -0.25) is 14.4 Å². The van der Waals surface area contributed by atoms with Crippen LogP contribution in [0, 0.1) is 0 Å². The van der Waals surface area contributed by atoms with Crippen molar-refractivity contribution < 1.29 is 23.9 Å². The maximum atomic E-state index is 13.0. The van der Waals surface area contributed by atoms with Gasteiger partial charge in [0.05, 0.1) is 27.4 Å². The average Bonchev–Trinajstić information content (AvgIpc) is 3.09. The van der Waals surface area contributed by atoms with Gasteiger partial charge in [0.1, 0.15) is 10.7 Å². The number of halogens is 3. The summed E-state index contributed by atoms with van der Waals surface area (Å²) < 4.78 is 5.15. The standard InChI is InChI=1S/C27H20Cl3N3O5/c1-14(2)38-27(37)16-5-10-19(11-6-16)33-25(35)22(30)23(26(33)36)31-17-7-3-15(4-8-17)24(34)32-18-9-12-20(28)21(29)13-18/h3-14,31H,1-2H3,(H,32,34). The van der Waals surface area contributed by atoms with E-state index < -0.39 is 17.8 Å². The molecule has 0 bridgehead atoms. The Morgan fingerprint density at radius 3 is 2.00 bits per heavy atom. The normalized spacial score (nSPS) is 13.3. The summed E-state index contributed by atoms with van der Waals surface area (Å²) >= 11 is 18.1. The maximum Gasteiger partial charge on any atom is 0.338 e. The first kappa shape index (κ1) is 27.2. The summed E-state index contributed by atoms with van der Waals surface area (Å²) in [6.45, 7) is 3.46. The van der Waals surface area contributed by atoms with Crippen LogP contribution in [0.2, 0.25) is 10.0 Å². The molecule has 3 aromatic carbocycles. The Balaban J connectivity index is 1.44. The second kappa shape index (κ2) is 11.3. The molecular formula is C27H20Cl3N3O5. The van der Waals surface area contributed by atoms with Gasteiger partial charge in [-0.2, -0.15) is 0 Å². The van der Waals surface area contributed by atoms with Crippen LogP contribution >= 0.6 is 34.8 Å². The van der Waals surface area contributed by atoms with E-state index in [0.717, 1.165) is 4.90 Å². The van der Waals surface area contributed by atoms with Crippen molar-refractivity contribution >= 4 is 75.6 Å². The zero-order chi connectivity index (χ0) is 27.6. The van der Waals surface area contributed by atoms with Crippen LogP contribution in [0.3, 0.4) is 0 Å². The number of esters is 1. The van der Waals surface area contributed by atoms with Crippen LogP contribution in [0.25, 0.3) is 0 Å². The number of carbonyl (C=O) groups excluding carboxylic acids is 4. The van der Waals surface area contributed by atoms with Crippen molar-refractivity contribution in [3.05, 3.63) is 98.6 Å². The lowest BCUT2D eigenvalue weighted by atomic mass is 10.2. The van der Waals surface area contributed by atoms with Gasteiger partial charge in [0.15, 0.2) is 0 Å². The number of nitrogens with one attached hydrogen (secondary N) is 2. The smallest absolute Gasteiger partial charge is 0.338 e. The molecule has 1 aliphatic heterocycles. The minimum Gasteiger partial charge on any atom is -0.459 e. The number of nitrogens with zero attached hydrogens (tertiary/aromatic N) is 1. The van der Waals surface area contributed by atoms with Gasteiger partial charge in [0.25, 0.3) is 17.7 Å². The van der Waals surface area contributed by atoms with E-state index in [-0.39, 0.29) is 34.0 Å². The molecule has 0 aromatic heterocycles. The fourth-order valence-corrected chi connectivity index (χ4v) is 4.01. The number of ether oxygens (including phenoxy) is 1. The Morgan fingerprint density at radius 1 is 0.789 bits per heavy atom. The summed E-state index contributed by atoms with van der Waals surface area (Å²) in [6, 6.07) is 16.8. The van der Waals surface area contributed by atoms with Gasteiger partial charge in [-0.25, -0.2) is 9.69 Å². The highest BCUT2D eigenvalue weighted by Gasteiger charge is 2.39. The maximum absolute atomic E-state index is 13.0. The van der Waals surface area contributed by atoms with Crippen LogP contribution in [0.5, 0.6) is 0 Å². The lowest BCUT2D eigenvalue weighted by Gasteiger charge is -2.16. The molecule has 194 valence electrons. The molecular weight excluding hydrogens is 553 g/mol. The molecule has 0 saturated heterocycles. The van der Waals surface area contributed by atoms with Crippen LogP contribution in [0.1, 0.15) is 34.6 Å². The van der Waals surface area contributed by atoms with Crippen LogP contribution < -0.4 is 15.5 Å². The Morgan fingerprint density at radius 2 is 1.39 bits per heavy atom. The molecule has 0 atom stereocenters. The fourth-order valence-electron chi connectivity index (χ4n) is 3.50. The quantitative estimate of drug-likeness (QED) is 0.256. The third-order valence-electron chi connectivity index (χ3n) is 5.33. The summed E-state index contributed by atoms with van der Waals surface area (Å²) in [7, 11) is 0. The predicted octanol–water partition coefficient (Wildman–Crippen LogP) is 6.25. The van der Waals surface area contributed by atoms with E-state index in [1.54, 1.807) is 38.1 Å². The highest BCUT2D eigenvalue weighted by molar-refractivity contribution is 6.53. The number of amides is 3. The second-order valence-electron chi connectivity index (χ2n) is 8.42. The van der Waals surface area contributed by atoms with Gasteiger partial charge in [0.2, 0.25) is 0 Å². The molecule has 0 radical (unpaired) electrons. The van der Waals surface area contributed by atoms with Crippen molar-refractivity contribution in [1.82, 2.24) is 0 Å². The number of anilines is 3. The molecule has 0 fully saturated rings. The zero-order valence-electron chi connectivity index (χ0n) is 20.1. The molecule has 0 aliphatic carbocycles. The molecule has 4 rings (SSSR count). The minimum absolute atomic E-state index is 0.118. The van der Waals surface area contributed by atoms with E-state index in [2.05, 4.69) is 10.6 Å². The summed E-state index contributed by atoms with van der Waals surface area (Å²) in [6.07, 6.45) is -0.286. The van der Waals surface area contributed by atoms with Gasteiger partial charge in [-0.15, -0.1) is 0 Å². The molecule has 8 nitrogen and oxygen atoms in total. The first-order chi connectivity index (χ1) is 18.0. The monoisotopic (exact) mass is 571 g/mol. The van der Waals surface area contributed by atoms with Crippen LogP contribution in [0.4, 0.5) is 17.1 Å². The van der Waals surface area contributed by atoms with E-state index in [1.807, 2.05) is 0 Å². The number of hydrogen-bond acceptors (Lipinski definition) is 6. The third-order valence-corrected chi connectivity index (χ3v) is 6.41. The van der Waals surface area contributed by atoms with E-state index in [4.69, 9.17) is 39.5 Å². The summed E-state index contributed by atoms with van der Waals surface area (Å²) in [5.74, 6) is -2.28. The molecule has 2 N–H and O–H groups in total. The lowest BCUT2D eigenvalue weighted by molar-refractivity contribution is -0.120. The highest BCUT2D eigenvalue weighted by atomic mass is 35.5. The Hall–Kier alpha value is -3.85. The van der Waals surface area contributed by atoms with E-state index >= 15 is 0 Å². The van der Waals surface area contributed by atoms with Gasteiger partial charge in [0, 0.05) is 16.9 Å². The molecule has 1 aliphatic rings. The molecule has 1 heterocycles. The topological polar surface area (TPSA) is 105 Å². The Labute approximate surface area is 233 Å². The molecule has 38 heavy (non-hydrogen) atoms. The fraction of sp³-hybridized carbons (Fsp3) is 0.111. The molecule has 3 amide bonds. The molecule has 3 aromatic rings. The highest BCUT2D eigenvalue weighted by Crippen LogP contribution is 2.31. The second-order valence-corrected chi connectivity index (χ2v) is 9.61. The lowest BCUT2D eigenvalue weighted by Crippen LogP contribution is -2.32. The van der Waals surface area contributed by atoms with E-state index in [0.29, 0.717) is 27.0 Å². The van der Waals surface area contributed by atoms with Crippen molar-refractivity contribution in [2.45, 2.75) is 20.0 Å². The zero-order valence-corrected chi connectivity index (χ0v) is 22.3. The largest absolute Gasteiger partial charge is 0.459 e. The SMILES string of the molecule is CC(C)OC(=O)c1ccc(N2C(=O)C(Cl)=C(Nc3ccc(C(=O)Nc4ccc(Cl)c(Cl)c4)cc3)C2=O)cc1. The van der Waals surface area contributed by atoms with Crippen LogP contribution in [0.15, 0.2) is 77.5 Å². The van der Waals surface area contributed by atoms with E-state index in [1.165, 1.54) is 42.5 Å².